The maximum Gasteiger partial charge on any atom is 0.320 e. The van der Waals surface area contributed by atoms with Gasteiger partial charge in [0.25, 0.3) is 0 Å². The first-order chi connectivity index (χ1) is 8.20. The fourth-order valence-corrected chi connectivity index (χ4v) is 2.30. The summed E-state index contributed by atoms with van der Waals surface area (Å²) in [6.07, 6.45) is 0. The van der Waals surface area contributed by atoms with Gasteiger partial charge in [0.1, 0.15) is 0 Å². The molecule has 1 heterocycles. The van der Waals surface area contributed by atoms with Gasteiger partial charge < -0.3 is 5.32 Å². The van der Waals surface area contributed by atoms with Crippen molar-refractivity contribution in [2.75, 3.05) is 12.4 Å². The Hall–Kier alpha value is -1.88. The molecule has 0 saturated carbocycles. The first kappa shape index (κ1) is 11.6. The number of anilines is 1. The van der Waals surface area contributed by atoms with Crippen LogP contribution >= 0.6 is 11.3 Å². The molecule has 0 atom stereocenters. The second-order valence-electron chi connectivity index (χ2n) is 3.49. The zero-order valence-corrected chi connectivity index (χ0v) is 10.5. The Morgan fingerprint density at radius 3 is 2.65 bits per heavy atom. The smallest absolute Gasteiger partial charge is 0.320 e. The van der Waals surface area contributed by atoms with Crippen molar-refractivity contribution in [3.05, 3.63) is 35.2 Å². The predicted octanol–water partition coefficient (Wildman–Crippen LogP) is 2.87. The summed E-state index contributed by atoms with van der Waals surface area (Å²) < 4.78 is 0. The van der Waals surface area contributed by atoms with Gasteiger partial charge in [-0.15, -0.1) is 11.3 Å². The average Bonchev–Trinajstić information content (AvgIpc) is 2.71. The lowest BCUT2D eigenvalue weighted by Crippen LogP contribution is -2.24. The van der Waals surface area contributed by atoms with Crippen molar-refractivity contribution in [3.63, 3.8) is 0 Å². The maximum absolute atomic E-state index is 11.2. The van der Waals surface area contributed by atoms with E-state index in [2.05, 4.69) is 15.6 Å². The van der Waals surface area contributed by atoms with Gasteiger partial charge in [-0.05, 0) is 6.92 Å². The molecule has 0 saturated heterocycles. The Bertz CT molecular complexity index is 522. The average molecular weight is 247 g/mol. The van der Waals surface area contributed by atoms with E-state index in [4.69, 9.17) is 0 Å². The van der Waals surface area contributed by atoms with Gasteiger partial charge in [0, 0.05) is 17.5 Å². The number of carbonyl (C=O) groups is 1. The molecule has 2 aromatic rings. The molecule has 17 heavy (non-hydrogen) atoms. The minimum absolute atomic E-state index is 0.252. The van der Waals surface area contributed by atoms with Gasteiger partial charge in [-0.3, -0.25) is 5.32 Å². The van der Waals surface area contributed by atoms with Crippen molar-refractivity contribution >= 4 is 22.5 Å². The van der Waals surface area contributed by atoms with E-state index in [0.717, 1.165) is 16.1 Å². The van der Waals surface area contributed by atoms with E-state index in [1.807, 2.05) is 37.3 Å². The zero-order valence-electron chi connectivity index (χ0n) is 9.65. The molecule has 2 rings (SSSR count). The molecule has 88 valence electrons. The maximum atomic E-state index is 11.2. The largest absolute Gasteiger partial charge is 0.341 e. The topological polar surface area (TPSA) is 54.0 Å². The van der Waals surface area contributed by atoms with Crippen LogP contribution in [0.1, 0.15) is 4.88 Å². The highest BCUT2D eigenvalue weighted by Gasteiger charge is 2.10. The Labute approximate surface area is 104 Å². The van der Waals surface area contributed by atoms with E-state index in [1.165, 1.54) is 11.3 Å². The van der Waals surface area contributed by atoms with E-state index in [9.17, 15) is 4.79 Å². The van der Waals surface area contributed by atoms with Crippen LogP contribution in [0.5, 0.6) is 0 Å². The number of hydrogen-bond acceptors (Lipinski definition) is 3. The number of thiazole rings is 1. The fraction of sp³-hybridized carbons (Fsp3) is 0.167. The third-order valence-corrected chi connectivity index (χ3v) is 3.18. The van der Waals surface area contributed by atoms with Crippen molar-refractivity contribution in [1.29, 1.82) is 0 Å². The van der Waals surface area contributed by atoms with Crippen LogP contribution in [0.4, 0.5) is 9.93 Å². The quantitative estimate of drug-likeness (QED) is 0.857. The minimum atomic E-state index is -0.252. The number of aryl methyl sites for hydroxylation is 1. The molecule has 0 spiro atoms. The molecule has 0 aliphatic rings. The van der Waals surface area contributed by atoms with Crippen molar-refractivity contribution in [1.82, 2.24) is 10.3 Å². The van der Waals surface area contributed by atoms with Crippen LogP contribution in [0.3, 0.4) is 0 Å². The molecule has 5 heteroatoms. The van der Waals surface area contributed by atoms with E-state index in [0.29, 0.717) is 5.13 Å². The summed E-state index contributed by atoms with van der Waals surface area (Å²) in [6.45, 7) is 2.00. The third kappa shape index (κ3) is 2.62. The van der Waals surface area contributed by atoms with Crippen molar-refractivity contribution in [2.45, 2.75) is 6.92 Å². The third-order valence-electron chi connectivity index (χ3n) is 2.29. The van der Waals surface area contributed by atoms with Gasteiger partial charge in [-0.2, -0.15) is 0 Å². The molecule has 0 radical (unpaired) electrons. The SMILES string of the molecule is CNC(=O)Nc1nc(-c2ccccc2)c(C)s1. The lowest BCUT2D eigenvalue weighted by molar-refractivity contribution is 0.254. The van der Waals surface area contributed by atoms with Gasteiger partial charge in [-0.25, -0.2) is 9.78 Å². The highest BCUT2D eigenvalue weighted by Crippen LogP contribution is 2.29. The summed E-state index contributed by atoms with van der Waals surface area (Å²) in [5.74, 6) is 0. The number of carbonyl (C=O) groups excluding carboxylic acids is 1. The highest BCUT2D eigenvalue weighted by molar-refractivity contribution is 7.16. The monoisotopic (exact) mass is 247 g/mol. The van der Waals surface area contributed by atoms with Crippen LogP contribution in [0.2, 0.25) is 0 Å². The molecule has 0 aliphatic carbocycles. The van der Waals surface area contributed by atoms with Crippen molar-refractivity contribution < 1.29 is 4.79 Å². The molecule has 0 fully saturated rings. The number of urea groups is 1. The van der Waals surface area contributed by atoms with Crippen LogP contribution in [0.15, 0.2) is 30.3 Å². The number of hydrogen-bond donors (Lipinski definition) is 2. The Balaban J connectivity index is 2.28. The first-order valence-electron chi connectivity index (χ1n) is 5.22. The summed E-state index contributed by atoms with van der Waals surface area (Å²) in [5.41, 5.74) is 1.98. The zero-order chi connectivity index (χ0) is 12.3. The van der Waals surface area contributed by atoms with Crippen LogP contribution in [0, 0.1) is 6.92 Å². The molecule has 4 nitrogen and oxygen atoms in total. The summed E-state index contributed by atoms with van der Waals surface area (Å²) in [6, 6.07) is 9.67. The summed E-state index contributed by atoms with van der Waals surface area (Å²) in [5, 5.41) is 5.79. The molecule has 2 amide bonds. The number of nitrogens with zero attached hydrogens (tertiary/aromatic N) is 1. The number of amides is 2. The summed E-state index contributed by atoms with van der Waals surface area (Å²) >= 11 is 1.47. The van der Waals surface area contributed by atoms with Crippen LogP contribution < -0.4 is 10.6 Å². The molecule has 1 aromatic heterocycles. The second-order valence-corrected chi connectivity index (χ2v) is 4.70. The molecule has 1 aromatic carbocycles. The minimum Gasteiger partial charge on any atom is -0.341 e. The van der Waals surface area contributed by atoms with Gasteiger partial charge in [0.15, 0.2) is 5.13 Å². The fourth-order valence-electron chi connectivity index (χ4n) is 1.47. The van der Waals surface area contributed by atoms with E-state index < -0.39 is 0 Å². The molecule has 0 unspecified atom stereocenters. The van der Waals surface area contributed by atoms with E-state index in [1.54, 1.807) is 7.05 Å². The summed E-state index contributed by atoms with van der Waals surface area (Å²) in [4.78, 5) is 16.7. The molecule has 0 bridgehead atoms. The lowest BCUT2D eigenvalue weighted by Gasteiger charge is -1.98. The molecule has 2 N–H and O–H groups in total. The summed E-state index contributed by atoms with van der Waals surface area (Å²) in [7, 11) is 1.58. The van der Waals surface area contributed by atoms with Gasteiger partial charge in [0.05, 0.1) is 5.69 Å². The van der Waals surface area contributed by atoms with Crippen molar-refractivity contribution in [3.8, 4) is 11.3 Å². The predicted molar refractivity (Wildman–Crippen MR) is 70.4 cm³/mol. The molecular weight excluding hydrogens is 234 g/mol. The van der Waals surface area contributed by atoms with Crippen molar-refractivity contribution in [2.24, 2.45) is 0 Å². The number of rotatable bonds is 2. The van der Waals surface area contributed by atoms with E-state index in [-0.39, 0.29) is 6.03 Å². The van der Waals surface area contributed by atoms with Crippen LogP contribution in [-0.2, 0) is 0 Å². The van der Waals surface area contributed by atoms with Gasteiger partial charge >= 0.3 is 6.03 Å². The Kier molecular flexibility index (Phi) is 3.39. The van der Waals surface area contributed by atoms with Crippen LogP contribution in [0.25, 0.3) is 11.3 Å². The standard InChI is InChI=1S/C12H13N3OS/c1-8-10(9-6-4-3-5-7-9)14-12(17-8)15-11(16)13-2/h3-7H,1-2H3,(H2,13,14,15,16). The Morgan fingerprint density at radius 2 is 2.00 bits per heavy atom. The molecule has 0 aliphatic heterocycles. The van der Waals surface area contributed by atoms with E-state index >= 15 is 0 Å². The van der Waals surface area contributed by atoms with Gasteiger partial charge in [0.2, 0.25) is 0 Å². The number of nitrogens with one attached hydrogen (secondary N) is 2. The highest BCUT2D eigenvalue weighted by atomic mass is 32.1. The van der Waals surface area contributed by atoms with Crippen LogP contribution in [-0.4, -0.2) is 18.1 Å². The second kappa shape index (κ2) is 4.97. The number of benzene rings is 1. The first-order valence-corrected chi connectivity index (χ1v) is 6.04. The normalized spacial score (nSPS) is 10.0. The molecular formula is C12H13N3OS. The lowest BCUT2D eigenvalue weighted by atomic mass is 10.1. The van der Waals surface area contributed by atoms with Gasteiger partial charge in [-0.1, -0.05) is 30.3 Å². The number of aromatic nitrogens is 1. The Morgan fingerprint density at radius 1 is 1.29 bits per heavy atom.